The molecule has 1 fully saturated rings. The van der Waals surface area contributed by atoms with Gasteiger partial charge < -0.3 is 15.0 Å². The van der Waals surface area contributed by atoms with E-state index in [0.717, 1.165) is 50.4 Å². The van der Waals surface area contributed by atoms with Crippen LogP contribution in [0, 0.1) is 0 Å². The van der Waals surface area contributed by atoms with Crippen molar-refractivity contribution in [2.45, 2.75) is 19.3 Å². The average Bonchev–Trinajstić information content (AvgIpc) is 3.38. The third-order valence-electron chi connectivity index (χ3n) is 7.05. The van der Waals surface area contributed by atoms with Crippen LogP contribution in [0.15, 0.2) is 53.3 Å². The predicted molar refractivity (Wildman–Crippen MR) is 143 cm³/mol. The number of hydrogen-bond acceptors (Lipinski definition) is 7. The van der Waals surface area contributed by atoms with Gasteiger partial charge in [-0.15, -0.1) is 10.2 Å². The number of carbonyl (C=O) groups excluding carboxylic acids is 1. The number of amides is 1. The molecule has 2 aromatic heterocycles. The van der Waals surface area contributed by atoms with E-state index in [9.17, 15) is 9.59 Å². The SMILES string of the molecule is COc1ccc(N2CCN(CCCNC(=O)CCc3nnc4n(C)c(=O)c5ccccc5n34)CC2)cc1. The molecule has 37 heavy (non-hydrogen) atoms. The number of rotatable bonds is 9. The van der Waals surface area contributed by atoms with E-state index in [1.807, 2.05) is 34.7 Å². The van der Waals surface area contributed by atoms with E-state index in [-0.39, 0.29) is 11.5 Å². The summed E-state index contributed by atoms with van der Waals surface area (Å²) in [6.07, 6.45) is 1.68. The number of nitrogens with one attached hydrogen (secondary N) is 1. The molecule has 1 amide bonds. The summed E-state index contributed by atoms with van der Waals surface area (Å²) >= 11 is 0. The third kappa shape index (κ3) is 5.29. The maximum atomic E-state index is 12.6. The first-order chi connectivity index (χ1) is 18.0. The lowest BCUT2D eigenvalue weighted by Crippen LogP contribution is -2.47. The Balaban J connectivity index is 1.07. The van der Waals surface area contributed by atoms with Crippen LogP contribution in [0.1, 0.15) is 18.7 Å². The zero-order valence-electron chi connectivity index (χ0n) is 21.4. The largest absolute Gasteiger partial charge is 0.497 e. The van der Waals surface area contributed by atoms with E-state index < -0.39 is 0 Å². The minimum atomic E-state index is -0.109. The normalized spacial score (nSPS) is 14.4. The molecular weight excluding hydrogens is 470 g/mol. The van der Waals surface area contributed by atoms with Gasteiger partial charge in [-0.25, -0.2) is 0 Å². The van der Waals surface area contributed by atoms with Crippen molar-refractivity contribution in [1.29, 1.82) is 0 Å². The zero-order chi connectivity index (χ0) is 25.8. The number of aryl methyl sites for hydroxylation is 2. The minimum absolute atomic E-state index is 0.00444. The summed E-state index contributed by atoms with van der Waals surface area (Å²) in [5.41, 5.74) is 1.87. The fraction of sp³-hybridized carbons (Fsp3) is 0.407. The summed E-state index contributed by atoms with van der Waals surface area (Å²) in [4.78, 5) is 29.9. The maximum absolute atomic E-state index is 12.6. The molecule has 194 valence electrons. The molecule has 10 heteroatoms. The fourth-order valence-electron chi connectivity index (χ4n) is 4.92. The monoisotopic (exact) mass is 503 g/mol. The summed E-state index contributed by atoms with van der Waals surface area (Å²) < 4.78 is 8.61. The lowest BCUT2D eigenvalue weighted by molar-refractivity contribution is -0.121. The van der Waals surface area contributed by atoms with Crippen molar-refractivity contribution in [3.05, 3.63) is 64.7 Å². The van der Waals surface area contributed by atoms with Gasteiger partial charge in [-0.1, -0.05) is 12.1 Å². The van der Waals surface area contributed by atoms with Crippen molar-refractivity contribution >= 4 is 28.3 Å². The van der Waals surface area contributed by atoms with Crippen LogP contribution in [0.5, 0.6) is 5.75 Å². The summed E-state index contributed by atoms with van der Waals surface area (Å²) in [6, 6.07) is 15.6. The number of para-hydroxylation sites is 1. The van der Waals surface area contributed by atoms with E-state index in [0.29, 0.717) is 36.4 Å². The number of fused-ring (bicyclic) bond motifs is 3. The van der Waals surface area contributed by atoms with Crippen molar-refractivity contribution in [2.24, 2.45) is 7.05 Å². The van der Waals surface area contributed by atoms with Crippen LogP contribution in [0.2, 0.25) is 0 Å². The number of anilines is 1. The van der Waals surface area contributed by atoms with E-state index in [2.05, 4.69) is 37.4 Å². The fourth-order valence-corrected chi connectivity index (χ4v) is 4.92. The smallest absolute Gasteiger partial charge is 0.262 e. The Hall–Kier alpha value is -3.92. The number of ether oxygens (including phenoxy) is 1. The number of hydrogen-bond donors (Lipinski definition) is 1. The number of aromatic nitrogens is 4. The van der Waals surface area contributed by atoms with Gasteiger partial charge in [0.25, 0.3) is 5.56 Å². The highest BCUT2D eigenvalue weighted by atomic mass is 16.5. The van der Waals surface area contributed by atoms with E-state index >= 15 is 0 Å². The summed E-state index contributed by atoms with van der Waals surface area (Å²) in [5.74, 6) is 2.02. The molecular formula is C27H33N7O3. The lowest BCUT2D eigenvalue weighted by atomic mass is 10.2. The number of methoxy groups -OCH3 is 1. The second kappa shape index (κ2) is 11.0. The Kier molecular flexibility index (Phi) is 7.36. The standard InChI is InChI=1S/C27H33N7O3/c1-31-26(36)22-6-3-4-7-23(22)34-24(29-30-27(31)34)12-13-25(35)28-14-5-15-32-16-18-33(19-17-32)20-8-10-21(37-2)11-9-20/h3-4,6-11H,5,12-19H2,1-2H3,(H,28,35). The van der Waals surface area contributed by atoms with Gasteiger partial charge in [0.1, 0.15) is 11.6 Å². The van der Waals surface area contributed by atoms with Crippen LogP contribution in [0.25, 0.3) is 16.7 Å². The van der Waals surface area contributed by atoms with Crippen molar-refractivity contribution in [3.63, 3.8) is 0 Å². The number of nitrogens with zero attached hydrogens (tertiary/aromatic N) is 6. The number of carbonyl (C=O) groups is 1. The first-order valence-electron chi connectivity index (χ1n) is 12.7. The molecule has 0 aliphatic carbocycles. The average molecular weight is 504 g/mol. The van der Waals surface area contributed by atoms with Crippen LogP contribution in [-0.4, -0.2) is 76.4 Å². The Morgan fingerprint density at radius 1 is 1.03 bits per heavy atom. The Labute approximate surface area is 215 Å². The molecule has 5 rings (SSSR count). The quantitative estimate of drug-likeness (QED) is 0.348. The minimum Gasteiger partial charge on any atom is -0.497 e. The van der Waals surface area contributed by atoms with Crippen molar-refractivity contribution in [3.8, 4) is 5.75 Å². The lowest BCUT2D eigenvalue weighted by Gasteiger charge is -2.36. The highest BCUT2D eigenvalue weighted by Gasteiger charge is 2.18. The molecule has 1 aliphatic rings. The first kappa shape index (κ1) is 24.8. The van der Waals surface area contributed by atoms with Gasteiger partial charge in [0, 0.05) is 58.3 Å². The Morgan fingerprint density at radius 3 is 2.54 bits per heavy atom. The number of benzene rings is 2. The maximum Gasteiger partial charge on any atom is 0.262 e. The van der Waals surface area contributed by atoms with Crippen molar-refractivity contribution in [1.82, 2.24) is 29.4 Å². The van der Waals surface area contributed by atoms with Crippen LogP contribution >= 0.6 is 0 Å². The van der Waals surface area contributed by atoms with Crippen LogP contribution < -0.4 is 20.5 Å². The van der Waals surface area contributed by atoms with E-state index in [1.165, 1.54) is 10.3 Å². The zero-order valence-corrected chi connectivity index (χ0v) is 21.4. The van der Waals surface area contributed by atoms with Crippen LogP contribution in [-0.2, 0) is 18.3 Å². The van der Waals surface area contributed by atoms with Gasteiger partial charge in [-0.2, -0.15) is 0 Å². The topological polar surface area (TPSA) is 97.0 Å². The molecule has 0 bridgehead atoms. The highest BCUT2D eigenvalue weighted by molar-refractivity contribution is 5.80. The Morgan fingerprint density at radius 2 is 1.78 bits per heavy atom. The molecule has 10 nitrogen and oxygen atoms in total. The van der Waals surface area contributed by atoms with Gasteiger partial charge in [-0.05, 0) is 49.4 Å². The van der Waals surface area contributed by atoms with Crippen LogP contribution in [0.3, 0.4) is 0 Å². The molecule has 0 atom stereocenters. The summed E-state index contributed by atoms with van der Waals surface area (Å²) in [6.45, 7) is 5.62. The summed E-state index contributed by atoms with van der Waals surface area (Å²) in [5, 5.41) is 12.1. The summed E-state index contributed by atoms with van der Waals surface area (Å²) in [7, 11) is 3.37. The second-order valence-electron chi connectivity index (χ2n) is 9.36. The van der Waals surface area contributed by atoms with Gasteiger partial charge in [0.2, 0.25) is 11.7 Å². The highest BCUT2D eigenvalue weighted by Crippen LogP contribution is 2.20. The van der Waals surface area contributed by atoms with Crippen molar-refractivity contribution in [2.75, 3.05) is 51.3 Å². The third-order valence-corrected chi connectivity index (χ3v) is 7.05. The first-order valence-corrected chi connectivity index (χ1v) is 12.7. The molecule has 3 heterocycles. The van der Waals surface area contributed by atoms with Gasteiger partial charge in [0.05, 0.1) is 18.0 Å². The van der Waals surface area contributed by atoms with Crippen molar-refractivity contribution < 1.29 is 9.53 Å². The van der Waals surface area contributed by atoms with Crippen LogP contribution in [0.4, 0.5) is 5.69 Å². The van der Waals surface area contributed by atoms with E-state index in [4.69, 9.17) is 4.74 Å². The predicted octanol–water partition coefficient (Wildman–Crippen LogP) is 1.85. The molecule has 0 spiro atoms. The Bertz CT molecular complexity index is 1440. The molecule has 4 aromatic rings. The molecule has 1 N–H and O–H groups in total. The van der Waals surface area contributed by atoms with Gasteiger partial charge in [0.15, 0.2) is 0 Å². The molecule has 0 saturated carbocycles. The van der Waals surface area contributed by atoms with Gasteiger partial charge in [-0.3, -0.25) is 23.5 Å². The molecule has 1 aliphatic heterocycles. The molecule has 1 saturated heterocycles. The van der Waals surface area contributed by atoms with E-state index in [1.54, 1.807) is 20.2 Å². The van der Waals surface area contributed by atoms with Gasteiger partial charge >= 0.3 is 0 Å². The molecule has 2 aromatic carbocycles. The molecule has 0 unspecified atom stereocenters. The number of piperazine rings is 1. The second-order valence-corrected chi connectivity index (χ2v) is 9.36. The molecule has 0 radical (unpaired) electrons.